The standard InChI is InChI=1S/C17H17ClN4O4S/c1-4-10-7-12(17(23)24)15(19-9-10)16-20-13-8-11(18)5-6-14(13)22(16)27(25,26)21(2)3/h5-9H,4H2,1-3H3,(H,23,24). The van der Waals surface area contributed by atoms with Crippen LogP contribution in [0.1, 0.15) is 22.8 Å². The first-order valence-electron chi connectivity index (χ1n) is 8.00. The Hall–Kier alpha value is -2.49. The first-order valence-corrected chi connectivity index (χ1v) is 9.78. The summed E-state index contributed by atoms with van der Waals surface area (Å²) in [5.41, 5.74) is 1.17. The smallest absolute Gasteiger partial charge is 0.338 e. The van der Waals surface area contributed by atoms with E-state index in [2.05, 4.69) is 9.97 Å². The Kier molecular flexibility index (Phi) is 4.94. The van der Waals surface area contributed by atoms with Gasteiger partial charge in [0.1, 0.15) is 5.69 Å². The number of halogens is 1. The van der Waals surface area contributed by atoms with Gasteiger partial charge in [-0.1, -0.05) is 18.5 Å². The molecule has 8 nitrogen and oxygen atoms in total. The molecule has 27 heavy (non-hydrogen) atoms. The minimum absolute atomic E-state index is 0.0301. The van der Waals surface area contributed by atoms with Gasteiger partial charge >= 0.3 is 16.2 Å². The normalized spacial score (nSPS) is 12.0. The Morgan fingerprint density at radius 1 is 1.30 bits per heavy atom. The zero-order chi connectivity index (χ0) is 19.9. The molecule has 0 spiro atoms. The fourth-order valence-corrected chi connectivity index (χ4v) is 3.86. The average Bonchev–Trinajstić information content (AvgIpc) is 2.99. The maximum atomic E-state index is 12.9. The molecule has 0 unspecified atom stereocenters. The van der Waals surface area contributed by atoms with Crippen LogP contribution in [-0.4, -0.2) is 51.8 Å². The van der Waals surface area contributed by atoms with E-state index in [0.717, 1.165) is 13.8 Å². The van der Waals surface area contributed by atoms with E-state index in [1.54, 1.807) is 6.07 Å². The van der Waals surface area contributed by atoms with E-state index >= 15 is 0 Å². The lowest BCUT2D eigenvalue weighted by Crippen LogP contribution is -2.29. The Morgan fingerprint density at radius 2 is 2.00 bits per heavy atom. The van der Waals surface area contributed by atoms with Gasteiger partial charge in [-0.15, -0.1) is 0 Å². The number of carboxylic acid groups (broad SMARTS) is 1. The molecule has 0 radical (unpaired) electrons. The minimum atomic E-state index is -4.00. The quantitative estimate of drug-likeness (QED) is 0.695. The summed E-state index contributed by atoms with van der Waals surface area (Å²) in [6.45, 7) is 1.87. The van der Waals surface area contributed by atoms with Crippen molar-refractivity contribution in [3.63, 3.8) is 0 Å². The van der Waals surface area contributed by atoms with E-state index in [0.29, 0.717) is 17.0 Å². The molecule has 0 aliphatic rings. The lowest BCUT2D eigenvalue weighted by molar-refractivity contribution is 0.0697. The fourth-order valence-electron chi connectivity index (χ4n) is 2.62. The van der Waals surface area contributed by atoms with E-state index in [4.69, 9.17) is 11.6 Å². The first kappa shape index (κ1) is 19.3. The maximum Gasteiger partial charge on any atom is 0.338 e. The molecule has 3 rings (SSSR count). The summed E-state index contributed by atoms with van der Waals surface area (Å²) < 4.78 is 27.9. The number of aromatic carboxylic acids is 1. The van der Waals surface area contributed by atoms with Gasteiger partial charge in [-0.3, -0.25) is 4.98 Å². The van der Waals surface area contributed by atoms with Gasteiger partial charge in [-0.25, -0.2) is 13.8 Å². The highest BCUT2D eigenvalue weighted by Gasteiger charge is 2.28. The third kappa shape index (κ3) is 3.29. The van der Waals surface area contributed by atoms with Crippen molar-refractivity contribution in [2.75, 3.05) is 14.1 Å². The summed E-state index contributed by atoms with van der Waals surface area (Å²) in [5, 5.41) is 9.99. The monoisotopic (exact) mass is 408 g/mol. The number of aromatic nitrogens is 3. The molecule has 3 aromatic rings. The molecule has 0 bridgehead atoms. The molecule has 1 aromatic carbocycles. The number of carboxylic acids is 1. The highest BCUT2D eigenvalue weighted by Crippen LogP contribution is 2.30. The summed E-state index contributed by atoms with van der Waals surface area (Å²) >= 11 is 6.01. The fraction of sp³-hybridized carbons (Fsp3) is 0.235. The Labute approximate surface area is 161 Å². The van der Waals surface area contributed by atoms with Crippen LogP contribution in [0.15, 0.2) is 30.5 Å². The van der Waals surface area contributed by atoms with Crippen molar-refractivity contribution in [1.82, 2.24) is 18.2 Å². The van der Waals surface area contributed by atoms with Crippen molar-refractivity contribution in [1.29, 1.82) is 0 Å². The third-order valence-electron chi connectivity index (χ3n) is 4.06. The van der Waals surface area contributed by atoms with Crippen LogP contribution < -0.4 is 0 Å². The van der Waals surface area contributed by atoms with Crippen LogP contribution in [0.25, 0.3) is 22.6 Å². The summed E-state index contributed by atoms with van der Waals surface area (Å²) in [4.78, 5) is 20.3. The van der Waals surface area contributed by atoms with E-state index < -0.39 is 16.2 Å². The van der Waals surface area contributed by atoms with Gasteiger partial charge < -0.3 is 5.11 Å². The van der Waals surface area contributed by atoms with Crippen molar-refractivity contribution in [2.24, 2.45) is 0 Å². The molecule has 0 saturated heterocycles. The summed E-state index contributed by atoms with van der Waals surface area (Å²) in [6, 6.07) is 6.06. The van der Waals surface area contributed by atoms with Crippen molar-refractivity contribution in [3.8, 4) is 11.5 Å². The molecule has 0 amide bonds. The molecule has 0 fully saturated rings. The Morgan fingerprint density at radius 3 is 2.59 bits per heavy atom. The number of fused-ring (bicyclic) bond motifs is 1. The van der Waals surface area contributed by atoms with E-state index in [1.807, 2.05) is 6.92 Å². The Bertz CT molecular complexity index is 1160. The van der Waals surface area contributed by atoms with Gasteiger partial charge in [-0.05, 0) is 36.2 Å². The van der Waals surface area contributed by atoms with Gasteiger partial charge in [0.2, 0.25) is 0 Å². The number of hydrogen-bond acceptors (Lipinski definition) is 5. The van der Waals surface area contributed by atoms with Crippen LogP contribution in [0.5, 0.6) is 0 Å². The van der Waals surface area contributed by atoms with Crippen molar-refractivity contribution >= 4 is 38.8 Å². The van der Waals surface area contributed by atoms with Crippen LogP contribution >= 0.6 is 11.6 Å². The lowest BCUT2D eigenvalue weighted by Gasteiger charge is -2.16. The maximum absolute atomic E-state index is 12.9. The number of nitrogens with zero attached hydrogens (tertiary/aromatic N) is 4. The molecular weight excluding hydrogens is 392 g/mol. The van der Waals surface area contributed by atoms with E-state index in [1.165, 1.54) is 38.5 Å². The predicted molar refractivity (Wildman–Crippen MR) is 102 cm³/mol. The van der Waals surface area contributed by atoms with Crippen LogP contribution in [-0.2, 0) is 16.6 Å². The molecule has 0 saturated carbocycles. The van der Waals surface area contributed by atoms with Crippen LogP contribution in [0.3, 0.4) is 0 Å². The number of hydrogen-bond donors (Lipinski definition) is 1. The number of pyridine rings is 1. The second kappa shape index (κ2) is 6.91. The zero-order valence-corrected chi connectivity index (χ0v) is 16.4. The largest absolute Gasteiger partial charge is 0.478 e. The van der Waals surface area contributed by atoms with Gasteiger partial charge in [0.05, 0.1) is 16.6 Å². The molecule has 0 aliphatic carbocycles. The number of rotatable bonds is 5. The molecule has 2 heterocycles. The van der Waals surface area contributed by atoms with Crippen molar-refractivity contribution < 1.29 is 18.3 Å². The molecule has 0 aliphatic heterocycles. The van der Waals surface area contributed by atoms with Crippen molar-refractivity contribution in [3.05, 3.63) is 46.6 Å². The highest BCUT2D eigenvalue weighted by molar-refractivity contribution is 7.87. The molecular formula is C17H17ClN4O4S. The summed E-state index contributed by atoms with van der Waals surface area (Å²) in [5.74, 6) is -1.30. The highest BCUT2D eigenvalue weighted by atomic mass is 35.5. The number of benzene rings is 1. The van der Waals surface area contributed by atoms with Crippen LogP contribution in [0, 0.1) is 0 Å². The third-order valence-corrected chi connectivity index (χ3v) is 6.05. The summed E-state index contributed by atoms with van der Waals surface area (Å²) in [7, 11) is -1.24. The van der Waals surface area contributed by atoms with Crippen LogP contribution in [0.2, 0.25) is 5.02 Å². The number of carbonyl (C=O) groups is 1. The van der Waals surface area contributed by atoms with Crippen LogP contribution in [0.4, 0.5) is 0 Å². The van der Waals surface area contributed by atoms with Gasteiger partial charge in [0, 0.05) is 25.3 Å². The van der Waals surface area contributed by atoms with Gasteiger partial charge in [0.25, 0.3) is 0 Å². The second-order valence-corrected chi connectivity index (χ2v) is 8.45. The first-order chi connectivity index (χ1) is 12.7. The summed E-state index contributed by atoms with van der Waals surface area (Å²) in [6.07, 6.45) is 2.11. The lowest BCUT2D eigenvalue weighted by atomic mass is 10.1. The van der Waals surface area contributed by atoms with E-state index in [9.17, 15) is 18.3 Å². The van der Waals surface area contributed by atoms with Gasteiger partial charge in [0.15, 0.2) is 5.82 Å². The second-order valence-electron chi connectivity index (χ2n) is 6.02. The average molecular weight is 409 g/mol. The molecule has 10 heteroatoms. The minimum Gasteiger partial charge on any atom is -0.478 e. The SMILES string of the molecule is CCc1cnc(-c2nc3cc(Cl)ccc3n2S(=O)(=O)N(C)C)c(C(=O)O)c1. The Balaban J connectivity index is 2.44. The van der Waals surface area contributed by atoms with E-state index in [-0.39, 0.29) is 22.6 Å². The predicted octanol–water partition coefficient (Wildman–Crippen LogP) is 2.67. The molecule has 2 aromatic heterocycles. The molecule has 0 atom stereocenters. The molecule has 142 valence electrons. The molecule has 1 N–H and O–H groups in total. The van der Waals surface area contributed by atoms with Crippen molar-refractivity contribution in [2.45, 2.75) is 13.3 Å². The topological polar surface area (TPSA) is 105 Å². The zero-order valence-electron chi connectivity index (χ0n) is 14.8. The van der Waals surface area contributed by atoms with Gasteiger partial charge in [-0.2, -0.15) is 12.7 Å². The number of aryl methyl sites for hydroxylation is 1. The number of imidazole rings is 1.